The second-order valence-corrected chi connectivity index (χ2v) is 5.61. The molecule has 0 aliphatic carbocycles. The third-order valence-corrected chi connectivity index (χ3v) is 3.91. The van der Waals surface area contributed by atoms with Gasteiger partial charge in [-0.2, -0.15) is 12.6 Å². The third-order valence-electron chi connectivity index (χ3n) is 3.69. The zero-order valence-electron chi connectivity index (χ0n) is 11.2. The second-order valence-electron chi connectivity index (χ2n) is 5.17. The van der Waals surface area contributed by atoms with Crippen molar-refractivity contribution in [1.82, 2.24) is 4.90 Å². The molecule has 0 spiro atoms. The van der Waals surface area contributed by atoms with Gasteiger partial charge in [0.25, 0.3) is 0 Å². The lowest BCUT2D eigenvalue weighted by molar-refractivity contribution is -0.148. The Kier molecular flexibility index (Phi) is 5.06. The molecular formula is C15H19NO3S. The predicted molar refractivity (Wildman–Crippen MR) is 79.9 cm³/mol. The molecule has 1 aliphatic heterocycles. The highest BCUT2D eigenvalue weighted by atomic mass is 32.1. The Bertz CT molecular complexity index is 477. The van der Waals surface area contributed by atoms with Crippen molar-refractivity contribution in [3.05, 3.63) is 35.9 Å². The van der Waals surface area contributed by atoms with Crippen LogP contribution < -0.4 is 0 Å². The van der Waals surface area contributed by atoms with Crippen molar-refractivity contribution in [1.29, 1.82) is 0 Å². The molecule has 1 heterocycles. The molecule has 0 saturated carbocycles. The lowest BCUT2D eigenvalue weighted by atomic mass is 9.97. The van der Waals surface area contributed by atoms with Crippen LogP contribution in [0.4, 0.5) is 0 Å². The monoisotopic (exact) mass is 293 g/mol. The molecular weight excluding hydrogens is 274 g/mol. The molecule has 1 aromatic carbocycles. The van der Waals surface area contributed by atoms with Gasteiger partial charge in [0, 0.05) is 13.0 Å². The Hall–Kier alpha value is -1.49. The third kappa shape index (κ3) is 3.54. The van der Waals surface area contributed by atoms with Crippen LogP contribution in [-0.2, 0) is 16.0 Å². The van der Waals surface area contributed by atoms with Crippen LogP contribution in [0, 0.1) is 5.92 Å². The van der Waals surface area contributed by atoms with E-state index in [9.17, 15) is 14.7 Å². The molecule has 0 radical (unpaired) electrons. The summed E-state index contributed by atoms with van der Waals surface area (Å²) < 4.78 is 0. The summed E-state index contributed by atoms with van der Waals surface area (Å²) in [6, 6.07) is 9.30. The van der Waals surface area contributed by atoms with Gasteiger partial charge < -0.3 is 10.0 Å². The molecule has 2 rings (SSSR count). The number of aliphatic carboxylic acids is 1. The summed E-state index contributed by atoms with van der Waals surface area (Å²) in [5.41, 5.74) is 1.19. The van der Waals surface area contributed by atoms with E-state index in [1.165, 1.54) is 10.5 Å². The lowest BCUT2D eigenvalue weighted by Crippen LogP contribution is -2.40. The fourth-order valence-electron chi connectivity index (χ4n) is 2.77. The number of hydrogen-bond donors (Lipinski definition) is 2. The molecule has 1 aliphatic rings. The van der Waals surface area contributed by atoms with Crippen LogP contribution >= 0.6 is 12.6 Å². The van der Waals surface area contributed by atoms with Gasteiger partial charge >= 0.3 is 5.97 Å². The lowest BCUT2D eigenvalue weighted by Gasteiger charge is -2.21. The zero-order valence-corrected chi connectivity index (χ0v) is 12.1. The van der Waals surface area contributed by atoms with Gasteiger partial charge in [-0.3, -0.25) is 4.79 Å². The number of rotatable bonds is 5. The normalized spacial score (nSPS) is 21.9. The number of hydrogen-bond acceptors (Lipinski definition) is 3. The summed E-state index contributed by atoms with van der Waals surface area (Å²) in [4.78, 5) is 24.8. The van der Waals surface area contributed by atoms with Crippen molar-refractivity contribution in [2.24, 2.45) is 5.92 Å². The first-order valence-corrected chi connectivity index (χ1v) is 7.42. The van der Waals surface area contributed by atoms with E-state index >= 15 is 0 Å². The minimum atomic E-state index is -0.909. The Balaban J connectivity index is 2.04. The minimum absolute atomic E-state index is 0.108. The van der Waals surface area contributed by atoms with Crippen molar-refractivity contribution >= 4 is 24.5 Å². The van der Waals surface area contributed by atoms with Gasteiger partial charge in [-0.25, -0.2) is 4.79 Å². The first-order valence-electron chi connectivity index (χ1n) is 6.79. The number of likely N-dealkylation sites (tertiary alicyclic amines) is 1. The average Bonchev–Trinajstić information content (AvgIpc) is 2.84. The molecule has 5 heteroatoms. The van der Waals surface area contributed by atoms with Gasteiger partial charge in [0.2, 0.25) is 5.91 Å². The number of nitrogens with zero attached hydrogens (tertiary/aromatic N) is 1. The van der Waals surface area contributed by atoms with Crippen molar-refractivity contribution in [2.75, 3.05) is 12.3 Å². The fourth-order valence-corrected chi connectivity index (χ4v) is 2.96. The van der Waals surface area contributed by atoms with Crippen molar-refractivity contribution < 1.29 is 14.7 Å². The number of thiol groups is 1. The average molecular weight is 293 g/mol. The minimum Gasteiger partial charge on any atom is -0.480 e. The Labute approximate surface area is 124 Å². The zero-order chi connectivity index (χ0) is 14.5. The standard InChI is InChI=1S/C15H19NO3S/c17-14(6-7-20)16-10-12(9-13(16)15(18)19)8-11-4-2-1-3-5-11/h1-5,12-13,20H,6-10H2,(H,18,19). The topological polar surface area (TPSA) is 57.6 Å². The first kappa shape index (κ1) is 14.9. The van der Waals surface area contributed by atoms with Gasteiger partial charge in [-0.1, -0.05) is 30.3 Å². The highest BCUT2D eigenvalue weighted by molar-refractivity contribution is 7.80. The molecule has 108 valence electrons. The summed E-state index contributed by atoms with van der Waals surface area (Å²) >= 11 is 4.04. The number of carbonyl (C=O) groups excluding carboxylic acids is 1. The molecule has 2 atom stereocenters. The van der Waals surface area contributed by atoms with Crippen molar-refractivity contribution in [3.8, 4) is 0 Å². The molecule has 4 nitrogen and oxygen atoms in total. The Morgan fingerprint density at radius 1 is 1.30 bits per heavy atom. The van der Waals surface area contributed by atoms with Crippen LogP contribution in [0.2, 0.25) is 0 Å². The van der Waals surface area contributed by atoms with E-state index in [2.05, 4.69) is 12.6 Å². The van der Waals surface area contributed by atoms with Crippen LogP contribution in [0.1, 0.15) is 18.4 Å². The van der Waals surface area contributed by atoms with E-state index in [0.717, 1.165) is 6.42 Å². The highest BCUT2D eigenvalue weighted by Gasteiger charge is 2.38. The van der Waals surface area contributed by atoms with E-state index < -0.39 is 12.0 Å². The molecule has 1 N–H and O–H groups in total. The molecule has 1 aromatic rings. The first-order chi connectivity index (χ1) is 9.61. The van der Waals surface area contributed by atoms with E-state index in [4.69, 9.17) is 0 Å². The van der Waals surface area contributed by atoms with Crippen molar-refractivity contribution in [2.45, 2.75) is 25.3 Å². The number of amides is 1. The maximum Gasteiger partial charge on any atom is 0.326 e. The quantitative estimate of drug-likeness (QED) is 0.815. The molecule has 1 saturated heterocycles. The SMILES string of the molecule is O=C(O)C1CC(Cc2ccccc2)CN1C(=O)CCS. The smallest absolute Gasteiger partial charge is 0.326 e. The van der Waals surface area contributed by atoms with Gasteiger partial charge in [0.1, 0.15) is 6.04 Å². The number of carboxylic acid groups (broad SMARTS) is 1. The van der Waals surface area contributed by atoms with Gasteiger partial charge in [0.05, 0.1) is 0 Å². The molecule has 1 amide bonds. The summed E-state index contributed by atoms with van der Waals surface area (Å²) in [7, 11) is 0. The number of carbonyl (C=O) groups is 2. The van der Waals surface area contributed by atoms with Crippen molar-refractivity contribution in [3.63, 3.8) is 0 Å². The number of benzene rings is 1. The molecule has 2 unspecified atom stereocenters. The predicted octanol–water partition coefficient (Wildman–Crippen LogP) is 1.85. The largest absolute Gasteiger partial charge is 0.480 e. The van der Waals surface area contributed by atoms with E-state index in [1.807, 2.05) is 30.3 Å². The van der Waals surface area contributed by atoms with E-state index in [-0.39, 0.29) is 11.8 Å². The summed E-state index contributed by atoms with van der Waals surface area (Å²) in [6.07, 6.45) is 1.64. The number of carboxylic acids is 1. The Morgan fingerprint density at radius 2 is 2.00 bits per heavy atom. The van der Waals surface area contributed by atoms with Gasteiger partial charge in [0.15, 0.2) is 0 Å². The highest BCUT2D eigenvalue weighted by Crippen LogP contribution is 2.27. The van der Waals surface area contributed by atoms with E-state index in [0.29, 0.717) is 25.1 Å². The molecule has 1 fully saturated rings. The molecule has 20 heavy (non-hydrogen) atoms. The Morgan fingerprint density at radius 3 is 2.60 bits per heavy atom. The van der Waals surface area contributed by atoms with Crippen LogP contribution in [0.3, 0.4) is 0 Å². The van der Waals surface area contributed by atoms with E-state index in [1.54, 1.807) is 0 Å². The summed E-state index contributed by atoms with van der Waals surface area (Å²) in [5, 5.41) is 9.27. The summed E-state index contributed by atoms with van der Waals surface area (Å²) in [5.74, 6) is -0.358. The molecule has 0 bridgehead atoms. The van der Waals surface area contributed by atoms with Crippen LogP contribution in [0.5, 0.6) is 0 Å². The fraction of sp³-hybridized carbons (Fsp3) is 0.467. The van der Waals surface area contributed by atoms with Crippen LogP contribution in [0.25, 0.3) is 0 Å². The van der Waals surface area contributed by atoms with Crippen LogP contribution in [-0.4, -0.2) is 40.2 Å². The second kappa shape index (κ2) is 6.79. The maximum atomic E-state index is 12.0. The van der Waals surface area contributed by atoms with Gasteiger partial charge in [-0.05, 0) is 30.1 Å². The van der Waals surface area contributed by atoms with Gasteiger partial charge in [-0.15, -0.1) is 0 Å². The van der Waals surface area contributed by atoms with Crippen LogP contribution in [0.15, 0.2) is 30.3 Å². The molecule has 0 aromatic heterocycles. The summed E-state index contributed by atoms with van der Waals surface area (Å²) in [6.45, 7) is 0.526. The maximum absolute atomic E-state index is 12.0.